The van der Waals surface area contributed by atoms with Crippen molar-refractivity contribution in [3.05, 3.63) is 59.9 Å². The van der Waals surface area contributed by atoms with Gasteiger partial charge in [0.1, 0.15) is 5.82 Å². The number of thioether (sulfide) groups is 1. The van der Waals surface area contributed by atoms with Crippen LogP contribution in [0.25, 0.3) is 11.4 Å². The Labute approximate surface area is 149 Å². The van der Waals surface area contributed by atoms with Gasteiger partial charge in [-0.25, -0.2) is 4.39 Å². The molecule has 1 heterocycles. The molecule has 0 fully saturated rings. The van der Waals surface area contributed by atoms with Crippen molar-refractivity contribution in [1.29, 1.82) is 0 Å². The van der Waals surface area contributed by atoms with E-state index in [1.54, 1.807) is 16.7 Å². The van der Waals surface area contributed by atoms with Crippen molar-refractivity contribution >= 4 is 23.4 Å². The predicted octanol–water partition coefficient (Wildman–Crippen LogP) is 3.66. The highest BCUT2D eigenvalue weighted by Gasteiger charge is 2.13. The third-order valence-corrected chi connectivity index (χ3v) is 4.63. The molecule has 2 aromatic carbocycles. The SMILES string of the molecule is Cc1ccc(NC(=O)CSc2nnc(-c3ccc(F)cc3)n2C)cc1. The summed E-state index contributed by atoms with van der Waals surface area (Å²) < 4.78 is 14.8. The van der Waals surface area contributed by atoms with Gasteiger partial charge in [0.25, 0.3) is 0 Å². The molecule has 0 saturated carbocycles. The van der Waals surface area contributed by atoms with Crippen LogP contribution in [0.3, 0.4) is 0 Å². The predicted molar refractivity (Wildman–Crippen MR) is 96.9 cm³/mol. The van der Waals surface area contributed by atoms with E-state index in [9.17, 15) is 9.18 Å². The second-order valence-corrected chi connectivity index (χ2v) is 6.52. The van der Waals surface area contributed by atoms with Crippen LogP contribution in [0.1, 0.15) is 5.56 Å². The third-order valence-electron chi connectivity index (χ3n) is 3.61. The van der Waals surface area contributed by atoms with Gasteiger partial charge in [-0.3, -0.25) is 4.79 Å². The average molecular weight is 356 g/mol. The summed E-state index contributed by atoms with van der Waals surface area (Å²) in [4.78, 5) is 12.1. The van der Waals surface area contributed by atoms with Crippen LogP contribution in [0, 0.1) is 12.7 Å². The molecule has 0 aliphatic rings. The Morgan fingerprint density at radius 2 is 1.80 bits per heavy atom. The van der Waals surface area contributed by atoms with Gasteiger partial charge in [0, 0.05) is 18.3 Å². The van der Waals surface area contributed by atoms with Gasteiger partial charge >= 0.3 is 0 Å². The van der Waals surface area contributed by atoms with Crippen molar-refractivity contribution in [2.75, 3.05) is 11.1 Å². The van der Waals surface area contributed by atoms with E-state index in [1.807, 2.05) is 38.2 Å². The molecule has 3 aromatic rings. The molecule has 128 valence electrons. The Hall–Kier alpha value is -2.67. The van der Waals surface area contributed by atoms with Gasteiger partial charge < -0.3 is 9.88 Å². The summed E-state index contributed by atoms with van der Waals surface area (Å²) >= 11 is 1.30. The largest absolute Gasteiger partial charge is 0.325 e. The van der Waals surface area contributed by atoms with Crippen LogP contribution in [0.5, 0.6) is 0 Å². The van der Waals surface area contributed by atoms with Crippen LogP contribution in [0.15, 0.2) is 53.7 Å². The highest BCUT2D eigenvalue weighted by molar-refractivity contribution is 7.99. The molecule has 1 N–H and O–H groups in total. The third kappa shape index (κ3) is 4.24. The molecule has 0 aliphatic heterocycles. The molecule has 0 saturated heterocycles. The summed E-state index contributed by atoms with van der Waals surface area (Å²) in [7, 11) is 1.82. The molecule has 0 aliphatic carbocycles. The number of benzene rings is 2. The molecule has 1 amide bonds. The van der Waals surface area contributed by atoms with Gasteiger partial charge in [0.15, 0.2) is 11.0 Å². The van der Waals surface area contributed by atoms with Crippen molar-refractivity contribution in [3.63, 3.8) is 0 Å². The first-order valence-corrected chi connectivity index (χ1v) is 8.66. The van der Waals surface area contributed by atoms with Crippen molar-refractivity contribution in [1.82, 2.24) is 14.8 Å². The zero-order chi connectivity index (χ0) is 17.8. The van der Waals surface area contributed by atoms with Crippen LogP contribution in [0.2, 0.25) is 0 Å². The van der Waals surface area contributed by atoms with Crippen molar-refractivity contribution in [2.24, 2.45) is 7.05 Å². The summed E-state index contributed by atoms with van der Waals surface area (Å²) in [6.07, 6.45) is 0. The topological polar surface area (TPSA) is 59.8 Å². The summed E-state index contributed by atoms with van der Waals surface area (Å²) in [5.74, 6) is 0.443. The fourth-order valence-corrected chi connectivity index (χ4v) is 2.97. The lowest BCUT2D eigenvalue weighted by Crippen LogP contribution is -2.14. The number of carbonyl (C=O) groups is 1. The zero-order valence-corrected chi connectivity index (χ0v) is 14.7. The highest BCUT2D eigenvalue weighted by atomic mass is 32.2. The van der Waals surface area contributed by atoms with Gasteiger partial charge in [0.05, 0.1) is 5.75 Å². The standard InChI is InChI=1S/C18H17FN4OS/c1-12-3-9-15(10-4-12)20-16(24)11-25-18-22-21-17(23(18)2)13-5-7-14(19)8-6-13/h3-10H,11H2,1-2H3,(H,20,24). The van der Waals surface area contributed by atoms with Crippen molar-refractivity contribution in [2.45, 2.75) is 12.1 Å². The van der Waals surface area contributed by atoms with Gasteiger partial charge in [-0.05, 0) is 43.3 Å². The van der Waals surface area contributed by atoms with Gasteiger partial charge in [-0.1, -0.05) is 29.5 Å². The molecule has 25 heavy (non-hydrogen) atoms. The van der Waals surface area contributed by atoms with E-state index in [4.69, 9.17) is 0 Å². The lowest BCUT2D eigenvalue weighted by Gasteiger charge is -2.06. The normalized spacial score (nSPS) is 10.7. The minimum atomic E-state index is -0.298. The number of anilines is 1. The molecule has 0 unspecified atom stereocenters. The Bertz CT molecular complexity index is 875. The summed E-state index contributed by atoms with van der Waals surface area (Å²) in [5, 5.41) is 11.7. The second kappa shape index (κ2) is 7.48. The van der Waals surface area contributed by atoms with E-state index in [-0.39, 0.29) is 17.5 Å². The molecule has 5 nitrogen and oxygen atoms in total. The lowest BCUT2D eigenvalue weighted by molar-refractivity contribution is -0.113. The minimum absolute atomic E-state index is 0.111. The molecule has 0 spiro atoms. The maximum absolute atomic E-state index is 13.0. The van der Waals surface area contributed by atoms with E-state index in [2.05, 4.69) is 15.5 Å². The second-order valence-electron chi connectivity index (χ2n) is 5.57. The molecular formula is C18H17FN4OS. The van der Waals surface area contributed by atoms with Crippen molar-refractivity contribution < 1.29 is 9.18 Å². The maximum Gasteiger partial charge on any atom is 0.234 e. The Kier molecular flexibility index (Phi) is 5.14. The molecule has 7 heteroatoms. The number of amides is 1. The average Bonchev–Trinajstić information content (AvgIpc) is 2.97. The molecule has 1 aromatic heterocycles. The molecule has 0 atom stereocenters. The number of hydrogen-bond donors (Lipinski definition) is 1. The van der Waals surface area contributed by atoms with Crippen LogP contribution < -0.4 is 5.32 Å². The Morgan fingerprint density at radius 1 is 1.12 bits per heavy atom. The van der Waals surface area contributed by atoms with E-state index in [0.717, 1.165) is 16.8 Å². The maximum atomic E-state index is 13.0. The number of nitrogens with one attached hydrogen (secondary N) is 1. The fraction of sp³-hybridized carbons (Fsp3) is 0.167. The molecule has 3 rings (SSSR count). The first kappa shape index (κ1) is 17.2. The van der Waals surface area contributed by atoms with Crippen molar-refractivity contribution in [3.8, 4) is 11.4 Å². The first-order chi connectivity index (χ1) is 12.0. The quantitative estimate of drug-likeness (QED) is 0.709. The summed E-state index contributed by atoms with van der Waals surface area (Å²) in [6, 6.07) is 13.7. The number of halogens is 1. The van der Waals surface area contributed by atoms with E-state index in [0.29, 0.717) is 11.0 Å². The van der Waals surface area contributed by atoms with Gasteiger partial charge in [-0.2, -0.15) is 0 Å². The van der Waals surface area contributed by atoms with E-state index >= 15 is 0 Å². The molecule has 0 radical (unpaired) electrons. The van der Waals surface area contributed by atoms with Crippen LogP contribution in [-0.2, 0) is 11.8 Å². The Balaban J connectivity index is 1.62. The first-order valence-electron chi connectivity index (χ1n) is 7.67. The van der Waals surface area contributed by atoms with Crippen LogP contribution in [-0.4, -0.2) is 26.4 Å². The smallest absolute Gasteiger partial charge is 0.234 e. The summed E-state index contributed by atoms with van der Waals surface area (Å²) in [6.45, 7) is 1.99. The Morgan fingerprint density at radius 3 is 2.48 bits per heavy atom. The van der Waals surface area contributed by atoms with Gasteiger partial charge in [-0.15, -0.1) is 10.2 Å². The van der Waals surface area contributed by atoms with E-state index in [1.165, 1.54) is 23.9 Å². The number of aryl methyl sites for hydroxylation is 1. The molecule has 0 bridgehead atoms. The fourth-order valence-electron chi connectivity index (χ4n) is 2.25. The number of aromatic nitrogens is 3. The summed E-state index contributed by atoms with van der Waals surface area (Å²) in [5.41, 5.74) is 2.67. The molecular weight excluding hydrogens is 339 g/mol. The zero-order valence-electron chi connectivity index (χ0n) is 13.9. The lowest BCUT2D eigenvalue weighted by atomic mass is 10.2. The van der Waals surface area contributed by atoms with Crippen LogP contribution in [0.4, 0.5) is 10.1 Å². The monoisotopic (exact) mass is 356 g/mol. The van der Waals surface area contributed by atoms with E-state index < -0.39 is 0 Å². The number of nitrogens with zero attached hydrogens (tertiary/aromatic N) is 3. The van der Waals surface area contributed by atoms with Crippen LogP contribution >= 0.6 is 11.8 Å². The number of rotatable bonds is 5. The number of carbonyl (C=O) groups excluding carboxylic acids is 1. The number of hydrogen-bond acceptors (Lipinski definition) is 4. The highest BCUT2D eigenvalue weighted by Crippen LogP contribution is 2.23. The van der Waals surface area contributed by atoms with Gasteiger partial charge in [0.2, 0.25) is 5.91 Å². The minimum Gasteiger partial charge on any atom is -0.325 e.